The Balaban J connectivity index is 1.72. The maximum Gasteiger partial charge on any atom is 0.267 e. The zero-order chi connectivity index (χ0) is 24.5. The molecule has 12 heteroatoms. The number of piperidine rings is 1. The second-order valence-corrected chi connectivity index (χ2v) is 10.7. The number of sulfone groups is 1. The van der Waals surface area contributed by atoms with Gasteiger partial charge in [0.25, 0.3) is 11.5 Å². The summed E-state index contributed by atoms with van der Waals surface area (Å²) >= 11 is 0. The van der Waals surface area contributed by atoms with Crippen molar-refractivity contribution >= 4 is 39.2 Å². The summed E-state index contributed by atoms with van der Waals surface area (Å²) in [5.41, 5.74) is 5.10. The average molecular weight is 485 g/mol. The topological polar surface area (TPSA) is 168 Å². The van der Waals surface area contributed by atoms with E-state index in [1.54, 1.807) is 24.4 Å². The van der Waals surface area contributed by atoms with Gasteiger partial charge in [-0.15, -0.1) is 0 Å². The molecule has 11 nitrogen and oxygen atoms in total. The molecule has 3 N–H and O–H groups in total. The third-order valence-corrected chi connectivity index (χ3v) is 7.94. The van der Waals surface area contributed by atoms with E-state index in [-0.39, 0.29) is 40.9 Å². The molecule has 0 spiro atoms. The van der Waals surface area contributed by atoms with Crippen LogP contribution in [0.4, 0.5) is 5.82 Å². The lowest BCUT2D eigenvalue weighted by molar-refractivity contribution is -0.122. The molecule has 0 aromatic carbocycles. The highest BCUT2D eigenvalue weighted by Crippen LogP contribution is 2.25. The maximum absolute atomic E-state index is 13.3. The van der Waals surface area contributed by atoms with Gasteiger partial charge in [-0.05, 0) is 37.5 Å². The molecule has 178 valence electrons. The first-order valence-electron chi connectivity index (χ1n) is 10.9. The average Bonchev–Trinajstić information content (AvgIpc) is 3.16. The van der Waals surface area contributed by atoms with Crippen LogP contribution in [0, 0.1) is 17.2 Å². The van der Waals surface area contributed by atoms with Crippen molar-refractivity contribution in [2.45, 2.75) is 25.3 Å². The molecular weight excluding hydrogens is 460 g/mol. The van der Waals surface area contributed by atoms with Crippen LogP contribution >= 0.6 is 0 Å². The van der Waals surface area contributed by atoms with Crippen LogP contribution < -0.4 is 21.5 Å². The van der Waals surface area contributed by atoms with E-state index in [2.05, 4.69) is 10.3 Å². The molecule has 2 aromatic heterocycles. The van der Waals surface area contributed by atoms with E-state index in [1.165, 1.54) is 10.5 Å². The lowest BCUT2D eigenvalue weighted by atomic mass is 9.96. The van der Waals surface area contributed by atoms with E-state index in [0.29, 0.717) is 37.4 Å². The molecule has 0 bridgehead atoms. The summed E-state index contributed by atoms with van der Waals surface area (Å²) in [7, 11) is -3.22. The number of hydrogen-bond acceptors (Lipinski definition) is 8. The van der Waals surface area contributed by atoms with E-state index in [9.17, 15) is 28.1 Å². The Bertz CT molecular complexity index is 1380. The highest BCUT2D eigenvalue weighted by molar-refractivity contribution is 7.91. The largest absolute Gasteiger partial charge is 0.369 e. The minimum atomic E-state index is -3.22. The van der Waals surface area contributed by atoms with Crippen molar-refractivity contribution in [3.63, 3.8) is 0 Å². The number of hydrogen-bond donors (Lipinski definition) is 2. The Labute approximate surface area is 195 Å². The molecule has 2 fully saturated rings. The molecule has 0 aliphatic carbocycles. The zero-order valence-corrected chi connectivity index (χ0v) is 19.1. The number of anilines is 1. The molecule has 2 saturated heterocycles. The van der Waals surface area contributed by atoms with Crippen LogP contribution in [0.1, 0.15) is 24.8 Å². The normalized spacial score (nSPS) is 20.7. The monoisotopic (exact) mass is 484 g/mol. The SMILES string of the molecule is N#C/C(=C\c1c(N2CCC(C(N)=O)CC2)nc2ccccn2c1=O)C(=O)NC1CCS(=O)(=O)C1. The summed E-state index contributed by atoms with van der Waals surface area (Å²) in [5, 5.41) is 12.2. The predicted octanol–water partition coefficient (Wildman–Crippen LogP) is -0.394. The van der Waals surface area contributed by atoms with Crippen molar-refractivity contribution in [3.8, 4) is 6.07 Å². The number of rotatable bonds is 5. The fourth-order valence-corrected chi connectivity index (χ4v) is 5.97. The van der Waals surface area contributed by atoms with Crippen molar-refractivity contribution in [1.29, 1.82) is 5.26 Å². The van der Waals surface area contributed by atoms with Crippen LogP contribution in [0.25, 0.3) is 11.7 Å². The first kappa shape index (κ1) is 23.4. The third-order valence-electron chi connectivity index (χ3n) is 6.17. The van der Waals surface area contributed by atoms with E-state index in [1.807, 2.05) is 11.0 Å². The van der Waals surface area contributed by atoms with Crippen LogP contribution in [-0.4, -0.2) is 60.3 Å². The number of carbonyl (C=O) groups is 2. The van der Waals surface area contributed by atoms with Gasteiger partial charge in [0.05, 0.1) is 17.1 Å². The molecule has 2 aromatic rings. The van der Waals surface area contributed by atoms with Crippen LogP contribution in [0.3, 0.4) is 0 Å². The molecule has 2 aliphatic heterocycles. The maximum atomic E-state index is 13.3. The molecule has 1 unspecified atom stereocenters. The highest BCUT2D eigenvalue weighted by Gasteiger charge is 2.30. The Kier molecular flexibility index (Phi) is 6.39. The molecule has 4 rings (SSSR count). The predicted molar refractivity (Wildman–Crippen MR) is 124 cm³/mol. The quantitative estimate of drug-likeness (QED) is 0.427. The number of pyridine rings is 1. The number of nitrogens with one attached hydrogen (secondary N) is 1. The third kappa shape index (κ3) is 4.79. The standard InChI is InChI=1S/C22H24N6O5S/c23-12-15(21(30)25-16-6-10-34(32,33)13-16)11-17-20(27-8-4-14(5-9-27)19(24)29)26-18-3-1-2-7-28(18)22(17)31/h1-3,7,11,14,16H,4-6,8-10,13H2,(H2,24,29)(H,25,30)/b15-11+. The minimum Gasteiger partial charge on any atom is -0.369 e. The highest BCUT2D eigenvalue weighted by atomic mass is 32.2. The van der Waals surface area contributed by atoms with E-state index >= 15 is 0 Å². The molecular formula is C22H24N6O5S. The Morgan fingerprint density at radius 1 is 1.24 bits per heavy atom. The molecule has 2 amide bonds. The molecule has 0 radical (unpaired) electrons. The van der Waals surface area contributed by atoms with Gasteiger partial charge in [-0.2, -0.15) is 5.26 Å². The molecule has 2 aliphatic rings. The molecule has 34 heavy (non-hydrogen) atoms. The number of carbonyl (C=O) groups excluding carboxylic acids is 2. The van der Waals surface area contributed by atoms with Crippen molar-refractivity contribution in [2.75, 3.05) is 29.5 Å². The fraction of sp³-hybridized carbons (Fsp3) is 0.409. The second kappa shape index (κ2) is 9.26. The smallest absolute Gasteiger partial charge is 0.267 e. The first-order chi connectivity index (χ1) is 16.2. The summed E-state index contributed by atoms with van der Waals surface area (Å²) in [4.78, 5) is 44.1. The van der Waals surface area contributed by atoms with Gasteiger partial charge in [-0.25, -0.2) is 13.4 Å². The molecule has 4 heterocycles. The van der Waals surface area contributed by atoms with Gasteiger partial charge < -0.3 is 16.0 Å². The van der Waals surface area contributed by atoms with E-state index in [4.69, 9.17) is 5.73 Å². The number of nitrogens with zero attached hydrogens (tertiary/aromatic N) is 4. The first-order valence-corrected chi connectivity index (χ1v) is 12.7. The summed E-state index contributed by atoms with van der Waals surface area (Å²) in [6.45, 7) is 0.857. The van der Waals surface area contributed by atoms with Gasteiger partial charge in [0.15, 0.2) is 9.84 Å². The summed E-state index contributed by atoms with van der Waals surface area (Å²) in [6, 6.07) is 6.31. The van der Waals surface area contributed by atoms with Gasteiger partial charge in [0, 0.05) is 31.2 Å². The lowest BCUT2D eigenvalue weighted by Gasteiger charge is -2.32. The van der Waals surface area contributed by atoms with Gasteiger partial charge in [0.2, 0.25) is 5.91 Å². The van der Waals surface area contributed by atoms with Crippen molar-refractivity contribution in [3.05, 3.63) is 45.9 Å². The van der Waals surface area contributed by atoms with Gasteiger partial charge >= 0.3 is 0 Å². The van der Waals surface area contributed by atoms with E-state index in [0.717, 1.165) is 0 Å². The number of fused-ring (bicyclic) bond motifs is 1. The van der Waals surface area contributed by atoms with Crippen molar-refractivity contribution in [2.24, 2.45) is 11.7 Å². The number of amides is 2. The number of nitrogens with two attached hydrogens (primary N) is 1. The fourth-order valence-electron chi connectivity index (χ4n) is 4.30. The molecule has 0 saturated carbocycles. The van der Waals surface area contributed by atoms with Crippen LogP contribution in [-0.2, 0) is 19.4 Å². The van der Waals surface area contributed by atoms with Crippen molar-refractivity contribution < 1.29 is 18.0 Å². The van der Waals surface area contributed by atoms with Gasteiger partial charge in [-0.3, -0.25) is 18.8 Å². The zero-order valence-electron chi connectivity index (χ0n) is 18.3. The summed E-state index contributed by atoms with van der Waals surface area (Å²) in [5.74, 6) is -1.28. The van der Waals surface area contributed by atoms with Gasteiger partial charge in [-0.1, -0.05) is 6.07 Å². The van der Waals surface area contributed by atoms with Crippen LogP contribution in [0.5, 0.6) is 0 Å². The Morgan fingerprint density at radius 3 is 2.59 bits per heavy atom. The number of nitriles is 1. The molecule has 1 atom stereocenters. The minimum absolute atomic E-state index is 0.0229. The summed E-state index contributed by atoms with van der Waals surface area (Å²) in [6.07, 6.45) is 4.00. The van der Waals surface area contributed by atoms with Crippen molar-refractivity contribution in [1.82, 2.24) is 14.7 Å². The Hall–Kier alpha value is -3.72. The number of aromatic nitrogens is 2. The second-order valence-electron chi connectivity index (χ2n) is 8.49. The lowest BCUT2D eigenvalue weighted by Crippen LogP contribution is -2.40. The van der Waals surface area contributed by atoms with Crippen LogP contribution in [0.2, 0.25) is 0 Å². The Morgan fingerprint density at radius 2 is 1.97 bits per heavy atom. The summed E-state index contributed by atoms with van der Waals surface area (Å²) < 4.78 is 24.7. The van der Waals surface area contributed by atoms with Gasteiger partial charge in [0.1, 0.15) is 23.1 Å². The van der Waals surface area contributed by atoms with E-state index < -0.39 is 27.3 Å². The number of primary amides is 1. The van der Waals surface area contributed by atoms with Crippen LogP contribution in [0.15, 0.2) is 34.8 Å².